The van der Waals surface area contributed by atoms with Crippen molar-refractivity contribution < 1.29 is 19.8 Å². The van der Waals surface area contributed by atoms with Crippen LogP contribution in [0.2, 0.25) is 0 Å². The van der Waals surface area contributed by atoms with Crippen molar-refractivity contribution in [3.63, 3.8) is 0 Å². The Morgan fingerprint density at radius 3 is 2.32 bits per heavy atom. The van der Waals surface area contributed by atoms with E-state index in [4.69, 9.17) is 10.2 Å². The van der Waals surface area contributed by atoms with Crippen molar-refractivity contribution in [3.05, 3.63) is 29.8 Å². The minimum Gasteiger partial charge on any atom is -0.481 e. The van der Waals surface area contributed by atoms with Gasteiger partial charge in [0.05, 0.1) is 12.3 Å². The van der Waals surface area contributed by atoms with Crippen molar-refractivity contribution in [3.8, 4) is 0 Å². The molecular weight excluding hydrogens is 246 g/mol. The van der Waals surface area contributed by atoms with E-state index in [2.05, 4.69) is 12.2 Å². The van der Waals surface area contributed by atoms with E-state index in [0.29, 0.717) is 0 Å². The molecule has 1 unspecified atom stereocenters. The van der Waals surface area contributed by atoms with Gasteiger partial charge in [0.15, 0.2) is 0 Å². The van der Waals surface area contributed by atoms with Crippen LogP contribution in [0.3, 0.4) is 0 Å². The SMILES string of the molecule is CCCc1ccc(NCC(CC(=O)O)C(=O)O)cc1. The lowest BCUT2D eigenvalue weighted by atomic mass is 10.1. The molecule has 0 aliphatic heterocycles. The Balaban J connectivity index is 2.54. The minimum atomic E-state index is -1.10. The zero-order valence-electron chi connectivity index (χ0n) is 10.9. The maximum absolute atomic E-state index is 10.9. The predicted octanol–water partition coefficient (Wildman–Crippen LogP) is 2.23. The van der Waals surface area contributed by atoms with Crippen LogP contribution in [0.25, 0.3) is 0 Å². The maximum atomic E-state index is 10.9. The summed E-state index contributed by atoms with van der Waals surface area (Å²) in [4.78, 5) is 21.4. The van der Waals surface area contributed by atoms with Gasteiger partial charge >= 0.3 is 11.9 Å². The topological polar surface area (TPSA) is 86.6 Å². The first-order chi connectivity index (χ1) is 9.02. The number of anilines is 1. The molecule has 1 aromatic rings. The molecule has 5 nitrogen and oxygen atoms in total. The number of nitrogens with one attached hydrogen (secondary N) is 1. The van der Waals surface area contributed by atoms with E-state index in [1.165, 1.54) is 5.56 Å². The van der Waals surface area contributed by atoms with Gasteiger partial charge in [-0.1, -0.05) is 25.5 Å². The first-order valence-corrected chi connectivity index (χ1v) is 6.30. The minimum absolute atomic E-state index is 0.106. The molecule has 1 rings (SSSR count). The zero-order chi connectivity index (χ0) is 14.3. The predicted molar refractivity (Wildman–Crippen MR) is 72.3 cm³/mol. The van der Waals surface area contributed by atoms with E-state index in [-0.39, 0.29) is 13.0 Å². The summed E-state index contributed by atoms with van der Waals surface area (Å²) in [6, 6.07) is 7.73. The summed E-state index contributed by atoms with van der Waals surface area (Å²) in [5, 5.41) is 20.5. The van der Waals surface area contributed by atoms with Gasteiger partial charge in [-0.3, -0.25) is 9.59 Å². The average Bonchev–Trinajstić information content (AvgIpc) is 2.36. The highest BCUT2D eigenvalue weighted by molar-refractivity contribution is 5.78. The lowest BCUT2D eigenvalue weighted by molar-refractivity contribution is -0.147. The summed E-state index contributed by atoms with van der Waals surface area (Å²) in [6.45, 7) is 2.21. The smallest absolute Gasteiger partial charge is 0.308 e. The second kappa shape index (κ2) is 7.41. The second-order valence-electron chi connectivity index (χ2n) is 4.46. The number of aliphatic carboxylic acids is 2. The third-order valence-corrected chi connectivity index (χ3v) is 2.82. The molecule has 1 aromatic carbocycles. The van der Waals surface area contributed by atoms with Crippen LogP contribution in [-0.4, -0.2) is 28.7 Å². The summed E-state index contributed by atoms with van der Waals surface area (Å²) in [7, 11) is 0. The molecule has 0 heterocycles. The van der Waals surface area contributed by atoms with Crippen LogP contribution >= 0.6 is 0 Å². The van der Waals surface area contributed by atoms with Crippen LogP contribution in [0.15, 0.2) is 24.3 Å². The van der Waals surface area contributed by atoms with Crippen LogP contribution in [0, 0.1) is 5.92 Å². The third kappa shape index (κ3) is 5.42. The van der Waals surface area contributed by atoms with Gasteiger partial charge in [0.25, 0.3) is 0 Å². The van der Waals surface area contributed by atoms with E-state index in [0.717, 1.165) is 18.5 Å². The Morgan fingerprint density at radius 2 is 1.84 bits per heavy atom. The number of carboxylic acid groups (broad SMARTS) is 2. The first-order valence-electron chi connectivity index (χ1n) is 6.30. The lowest BCUT2D eigenvalue weighted by Gasteiger charge is -2.12. The van der Waals surface area contributed by atoms with Gasteiger partial charge < -0.3 is 15.5 Å². The zero-order valence-corrected chi connectivity index (χ0v) is 10.9. The molecular formula is C14H19NO4. The quantitative estimate of drug-likeness (QED) is 0.671. The lowest BCUT2D eigenvalue weighted by Crippen LogP contribution is -2.25. The molecule has 3 N–H and O–H groups in total. The molecule has 0 aliphatic carbocycles. The van der Waals surface area contributed by atoms with Gasteiger partial charge in [-0.15, -0.1) is 0 Å². The maximum Gasteiger partial charge on any atom is 0.308 e. The van der Waals surface area contributed by atoms with Crippen molar-refractivity contribution in [1.82, 2.24) is 0 Å². The fourth-order valence-electron chi connectivity index (χ4n) is 1.78. The number of hydrogen-bond acceptors (Lipinski definition) is 3. The standard InChI is InChI=1S/C14H19NO4/c1-2-3-10-4-6-12(7-5-10)15-9-11(14(18)19)8-13(16)17/h4-7,11,15H,2-3,8-9H2,1H3,(H,16,17)(H,18,19). The molecule has 0 spiro atoms. The average molecular weight is 265 g/mol. The van der Waals surface area contributed by atoms with E-state index in [9.17, 15) is 9.59 Å². The number of aryl methyl sites for hydroxylation is 1. The third-order valence-electron chi connectivity index (χ3n) is 2.82. The first kappa shape index (κ1) is 15.0. The Labute approximate surface area is 112 Å². The number of benzene rings is 1. The fourth-order valence-corrected chi connectivity index (χ4v) is 1.78. The fraction of sp³-hybridized carbons (Fsp3) is 0.429. The Bertz CT molecular complexity index is 428. The highest BCUT2D eigenvalue weighted by Gasteiger charge is 2.20. The van der Waals surface area contributed by atoms with Crippen LogP contribution in [0.1, 0.15) is 25.3 Å². The second-order valence-corrected chi connectivity index (χ2v) is 4.46. The van der Waals surface area contributed by atoms with Gasteiger partial charge in [-0.2, -0.15) is 0 Å². The monoisotopic (exact) mass is 265 g/mol. The molecule has 0 aromatic heterocycles. The largest absolute Gasteiger partial charge is 0.481 e. The summed E-state index contributed by atoms with van der Waals surface area (Å²) in [5.74, 6) is -3.13. The van der Waals surface area contributed by atoms with Gasteiger partial charge in [0, 0.05) is 12.2 Å². The molecule has 0 saturated carbocycles. The highest BCUT2D eigenvalue weighted by Crippen LogP contribution is 2.13. The molecule has 0 saturated heterocycles. The number of rotatable bonds is 8. The molecule has 0 aliphatic rings. The van der Waals surface area contributed by atoms with Crippen molar-refractivity contribution in [2.45, 2.75) is 26.2 Å². The van der Waals surface area contributed by atoms with Crippen molar-refractivity contribution in [2.75, 3.05) is 11.9 Å². The van der Waals surface area contributed by atoms with Crippen molar-refractivity contribution in [1.29, 1.82) is 0 Å². The summed E-state index contributed by atoms with van der Waals surface area (Å²) in [6.07, 6.45) is 1.71. The highest BCUT2D eigenvalue weighted by atomic mass is 16.4. The van der Waals surface area contributed by atoms with Gasteiger partial charge in [-0.05, 0) is 24.1 Å². The molecule has 19 heavy (non-hydrogen) atoms. The van der Waals surface area contributed by atoms with Crippen LogP contribution in [-0.2, 0) is 16.0 Å². The van der Waals surface area contributed by atoms with Gasteiger partial charge in [-0.25, -0.2) is 0 Å². The van der Waals surface area contributed by atoms with Gasteiger partial charge in [0.2, 0.25) is 0 Å². The van der Waals surface area contributed by atoms with E-state index < -0.39 is 17.9 Å². The van der Waals surface area contributed by atoms with E-state index in [1.54, 1.807) is 0 Å². The van der Waals surface area contributed by atoms with Crippen LogP contribution < -0.4 is 5.32 Å². The van der Waals surface area contributed by atoms with Gasteiger partial charge in [0.1, 0.15) is 0 Å². The molecule has 0 fully saturated rings. The molecule has 0 radical (unpaired) electrons. The summed E-state index contributed by atoms with van der Waals surface area (Å²) < 4.78 is 0. The molecule has 5 heteroatoms. The molecule has 104 valence electrons. The van der Waals surface area contributed by atoms with Crippen LogP contribution in [0.4, 0.5) is 5.69 Å². The Kier molecular flexibility index (Phi) is 5.85. The molecule has 0 amide bonds. The molecule has 1 atom stereocenters. The van der Waals surface area contributed by atoms with Crippen LogP contribution in [0.5, 0.6) is 0 Å². The Morgan fingerprint density at radius 1 is 1.21 bits per heavy atom. The van der Waals surface area contributed by atoms with E-state index >= 15 is 0 Å². The van der Waals surface area contributed by atoms with E-state index in [1.807, 2.05) is 24.3 Å². The molecule has 0 bridgehead atoms. The summed E-state index contributed by atoms with van der Waals surface area (Å²) in [5.41, 5.74) is 2.03. The summed E-state index contributed by atoms with van der Waals surface area (Å²) >= 11 is 0. The van der Waals surface area contributed by atoms with Crippen molar-refractivity contribution >= 4 is 17.6 Å². The normalized spacial score (nSPS) is 11.8. The Hall–Kier alpha value is -2.04. The number of carboxylic acids is 2. The number of hydrogen-bond donors (Lipinski definition) is 3. The van der Waals surface area contributed by atoms with Crippen molar-refractivity contribution in [2.24, 2.45) is 5.92 Å². The number of carbonyl (C=O) groups is 2.